The molecule has 0 saturated heterocycles. The van der Waals surface area contributed by atoms with Crippen LogP contribution in [0, 0.1) is 0 Å². The molecular weight excluding hydrogens is 460 g/mol. The molecule has 0 heterocycles. The van der Waals surface area contributed by atoms with E-state index in [1.54, 1.807) is 0 Å². The molecule has 4 aromatic rings. The molecule has 4 aromatic carbocycles. The van der Waals surface area contributed by atoms with E-state index < -0.39 is 18.1 Å². The maximum absolute atomic E-state index is 14.0. The van der Waals surface area contributed by atoms with Gasteiger partial charge in [0, 0.05) is 19.5 Å². The number of ether oxygens (including phenoxy) is 1. The van der Waals surface area contributed by atoms with Crippen molar-refractivity contribution >= 4 is 11.9 Å². The third-order valence-electron chi connectivity index (χ3n) is 6.27. The van der Waals surface area contributed by atoms with Crippen molar-refractivity contribution < 1.29 is 14.3 Å². The number of nitrogens with zero attached hydrogens (tertiary/aromatic N) is 1. The van der Waals surface area contributed by atoms with Crippen LogP contribution in [0.4, 0.5) is 0 Å². The van der Waals surface area contributed by atoms with Gasteiger partial charge in [-0.15, -0.1) is 0 Å². The quantitative estimate of drug-likeness (QED) is 0.288. The molecule has 188 valence electrons. The number of hydrogen-bond acceptors (Lipinski definition) is 4. The van der Waals surface area contributed by atoms with Gasteiger partial charge in [-0.2, -0.15) is 0 Å². The van der Waals surface area contributed by atoms with E-state index in [1.807, 2.05) is 97.1 Å². The Morgan fingerprint density at radius 2 is 1.11 bits per heavy atom. The van der Waals surface area contributed by atoms with Gasteiger partial charge in [0.05, 0.1) is 7.11 Å². The van der Waals surface area contributed by atoms with Gasteiger partial charge in [0.15, 0.2) is 0 Å². The number of amides is 1. The Kier molecular flexibility index (Phi) is 9.22. The normalized spacial score (nSPS) is 12.5. The van der Waals surface area contributed by atoms with Crippen molar-refractivity contribution in [1.29, 1.82) is 0 Å². The molecule has 0 radical (unpaired) electrons. The molecule has 1 N–H and O–H groups in total. The summed E-state index contributed by atoms with van der Waals surface area (Å²) in [6.07, 6.45) is 0.345. The second-order valence-electron chi connectivity index (χ2n) is 8.96. The summed E-state index contributed by atoms with van der Waals surface area (Å²) < 4.78 is 5.06. The zero-order valence-corrected chi connectivity index (χ0v) is 21.0. The Morgan fingerprint density at radius 3 is 1.57 bits per heavy atom. The SMILES string of the molecule is COC(=O)[C@H](Cc1ccccc1)NC(=O)[C@@H](c1ccccc1)N(Cc1ccccc1)Cc1ccccc1. The van der Waals surface area contributed by atoms with Gasteiger partial charge in [0.25, 0.3) is 0 Å². The van der Waals surface area contributed by atoms with Crippen molar-refractivity contribution in [3.63, 3.8) is 0 Å². The first-order valence-electron chi connectivity index (χ1n) is 12.4. The van der Waals surface area contributed by atoms with Gasteiger partial charge in [-0.3, -0.25) is 9.69 Å². The molecule has 0 aromatic heterocycles. The van der Waals surface area contributed by atoms with E-state index in [0.29, 0.717) is 19.5 Å². The summed E-state index contributed by atoms with van der Waals surface area (Å²) in [7, 11) is 1.35. The lowest BCUT2D eigenvalue weighted by molar-refractivity contribution is -0.146. The predicted molar refractivity (Wildman–Crippen MR) is 145 cm³/mol. The third kappa shape index (κ3) is 7.38. The smallest absolute Gasteiger partial charge is 0.328 e. The second-order valence-corrected chi connectivity index (χ2v) is 8.96. The molecule has 1 amide bonds. The van der Waals surface area contributed by atoms with E-state index in [9.17, 15) is 9.59 Å². The highest BCUT2D eigenvalue weighted by Crippen LogP contribution is 2.26. The number of esters is 1. The number of rotatable bonds is 11. The summed E-state index contributed by atoms with van der Waals surface area (Å²) in [6.45, 7) is 1.12. The van der Waals surface area contributed by atoms with Crippen LogP contribution in [0.5, 0.6) is 0 Å². The Hall–Kier alpha value is -4.22. The largest absolute Gasteiger partial charge is 0.467 e. The van der Waals surface area contributed by atoms with Crippen LogP contribution in [0.15, 0.2) is 121 Å². The molecule has 2 atom stereocenters. The van der Waals surface area contributed by atoms with E-state index in [0.717, 1.165) is 22.3 Å². The fourth-order valence-electron chi connectivity index (χ4n) is 4.47. The Morgan fingerprint density at radius 1 is 0.676 bits per heavy atom. The van der Waals surface area contributed by atoms with Crippen molar-refractivity contribution in [3.05, 3.63) is 144 Å². The van der Waals surface area contributed by atoms with Crippen molar-refractivity contribution in [2.24, 2.45) is 0 Å². The number of hydrogen-bond donors (Lipinski definition) is 1. The van der Waals surface area contributed by atoms with Gasteiger partial charge in [0.2, 0.25) is 5.91 Å². The lowest BCUT2D eigenvalue weighted by Crippen LogP contribution is -2.48. The van der Waals surface area contributed by atoms with E-state index in [4.69, 9.17) is 4.74 Å². The Balaban J connectivity index is 1.68. The van der Waals surface area contributed by atoms with E-state index in [-0.39, 0.29) is 5.91 Å². The minimum atomic E-state index is -0.804. The average molecular weight is 493 g/mol. The van der Waals surface area contributed by atoms with Gasteiger partial charge in [-0.05, 0) is 22.3 Å². The molecule has 0 saturated carbocycles. The third-order valence-corrected chi connectivity index (χ3v) is 6.27. The summed E-state index contributed by atoms with van der Waals surface area (Å²) in [4.78, 5) is 28.9. The number of benzene rings is 4. The van der Waals surface area contributed by atoms with E-state index in [1.165, 1.54) is 7.11 Å². The Labute approximate surface area is 218 Å². The zero-order chi connectivity index (χ0) is 25.9. The molecule has 0 spiro atoms. The summed E-state index contributed by atoms with van der Waals surface area (Å²) >= 11 is 0. The summed E-state index contributed by atoms with van der Waals surface area (Å²) in [5.74, 6) is -0.717. The van der Waals surface area contributed by atoms with Crippen LogP contribution in [0.3, 0.4) is 0 Å². The van der Waals surface area contributed by atoms with Crippen LogP contribution < -0.4 is 5.32 Å². The Bertz CT molecular complexity index is 1210. The van der Waals surface area contributed by atoms with Gasteiger partial charge in [0.1, 0.15) is 12.1 Å². The number of nitrogens with one attached hydrogen (secondary N) is 1. The summed E-state index contributed by atoms with van der Waals surface area (Å²) in [5.41, 5.74) is 4.00. The highest BCUT2D eigenvalue weighted by Gasteiger charge is 2.32. The van der Waals surface area contributed by atoms with Crippen molar-refractivity contribution in [1.82, 2.24) is 10.2 Å². The lowest BCUT2D eigenvalue weighted by Gasteiger charge is -2.32. The van der Waals surface area contributed by atoms with Crippen LogP contribution >= 0.6 is 0 Å². The monoisotopic (exact) mass is 492 g/mol. The van der Waals surface area contributed by atoms with Crippen LogP contribution in [0.2, 0.25) is 0 Å². The fraction of sp³-hybridized carbons (Fsp3) is 0.188. The first-order valence-corrected chi connectivity index (χ1v) is 12.4. The molecule has 37 heavy (non-hydrogen) atoms. The standard InChI is InChI=1S/C32H32N2O3/c1-37-32(36)29(22-25-14-6-2-7-15-25)33-31(35)30(28-20-12-5-13-21-28)34(23-26-16-8-3-9-17-26)24-27-18-10-4-11-19-27/h2-21,29-30H,22-24H2,1H3,(H,33,35)/t29-,30+/m0/s1. The molecule has 0 bridgehead atoms. The van der Waals surface area contributed by atoms with Crippen molar-refractivity contribution in [2.45, 2.75) is 31.6 Å². The first kappa shape index (κ1) is 25.9. The molecule has 5 heteroatoms. The van der Waals surface area contributed by atoms with Crippen molar-refractivity contribution in [2.75, 3.05) is 7.11 Å². The molecule has 0 fully saturated rings. The second kappa shape index (κ2) is 13.2. The topological polar surface area (TPSA) is 58.6 Å². The van der Waals surface area contributed by atoms with Crippen LogP contribution in [-0.2, 0) is 33.8 Å². The molecule has 0 unspecified atom stereocenters. The average Bonchev–Trinajstić information content (AvgIpc) is 2.94. The van der Waals surface area contributed by atoms with Crippen LogP contribution in [0.1, 0.15) is 28.3 Å². The maximum atomic E-state index is 14.0. The van der Waals surface area contributed by atoms with E-state index >= 15 is 0 Å². The molecule has 0 aliphatic carbocycles. The van der Waals surface area contributed by atoms with Gasteiger partial charge >= 0.3 is 5.97 Å². The molecule has 5 nitrogen and oxygen atoms in total. The molecule has 0 aliphatic rings. The lowest BCUT2D eigenvalue weighted by atomic mass is 10.0. The van der Waals surface area contributed by atoms with Crippen LogP contribution in [0.25, 0.3) is 0 Å². The van der Waals surface area contributed by atoms with Crippen LogP contribution in [-0.4, -0.2) is 29.9 Å². The van der Waals surface area contributed by atoms with Crippen molar-refractivity contribution in [3.8, 4) is 0 Å². The van der Waals surface area contributed by atoms with Gasteiger partial charge in [-0.25, -0.2) is 4.79 Å². The minimum absolute atomic E-state index is 0.246. The fourth-order valence-corrected chi connectivity index (χ4v) is 4.47. The number of methoxy groups -OCH3 is 1. The summed E-state index contributed by atoms with van der Waals surface area (Å²) in [6, 6.07) is 38.1. The predicted octanol–water partition coefficient (Wildman–Crippen LogP) is 5.33. The number of carbonyl (C=O) groups excluding carboxylic acids is 2. The molecule has 4 rings (SSSR count). The zero-order valence-electron chi connectivity index (χ0n) is 21.0. The minimum Gasteiger partial charge on any atom is -0.467 e. The van der Waals surface area contributed by atoms with Gasteiger partial charge in [-0.1, -0.05) is 121 Å². The number of carbonyl (C=O) groups is 2. The molecular formula is C32H32N2O3. The summed E-state index contributed by atoms with van der Waals surface area (Å²) in [5, 5.41) is 3.01. The van der Waals surface area contributed by atoms with E-state index in [2.05, 4.69) is 34.5 Å². The maximum Gasteiger partial charge on any atom is 0.328 e. The first-order chi connectivity index (χ1) is 18.1. The highest BCUT2D eigenvalue weighted by atomic mass is 16.5. The highest BCUT2D eigenvalue weighted by molar-refractivity contribution is 5.88. The van der Waals surface area contributed by atoms with Gasteiger partial charge < -0.3 is 10.1 Å². The molecule has 0 aliphatic heterocycles.